The van der Waals surface area contributed by atoms with Crippen LogP contribution < -0.4 is 4.90 Å². The van der Waals surface area contributed by atoms with Crippen LogP contribution in [0.25, 0.3) is 0 Å². The van der Waals surface area contributed by atoms with Gasteiger partial charge in [-0.05, 0) is 48.8 Å². The monoisotopic (exact) mass is 353 g/mol. The van der Waals surface area contributed by atoms with E-state index < -0.39 is 0 Å². The summed E-state index contributed by atoms with van der Waals surface area (Å²) in [5.41, 5.74) is 1.11. The van der Waals surface area contributed by atoms with E-state index in [0.717, 1.165) is 44.1 Å². The molecular formula is C20H27N5O. The van der Waals surface area contributed by atoms with Crippen molar-refractivity contribution in [2.75, 3.05) is 31.1 Å². The molecule has 2 aromatic rings. The van der Waals surface area contributed by atoms with Gasteiger partial charge in [-0.15, -0.1) is 0 Å². The standard InChI is InChI=1S/C20H27N5O/c1-23-9-3-16(14-23)13-19(26)25-12-6-18(15-25)17-4-10-24(11-5-17)20-21-7-2-8-22-20/h2-3,7-9,14,17-18H,4-6,10-13,15H2,1H3. The van der Waals surface area contributed by atoms with Crippen molar-refractivity contribution in [2.45, 2.75) is 25.7 Å². The fourth-order valence-corrected chi connectivity index (χ4v) is 4.38. The first-order valence-corrected chi connectivity index (χ1v) is 9.59. The summed E-state index contributed by atoms with van der Waals surface area (Å²) in [6.07, 6.45) is 11.7. The molecular weight excluding hydrogens is 326 g/mol. The number of nitrogens with zero attached hydrogens (tertiary/aromatic N) is 5. The zero-order valence-corrected chi connectivity index (χ0v) is 15.4. The number of piperidine rings is 1. The van der Waals surface area contributed by atoms with Gasteiger partial charge >= 0.3 is 0 Å². The Morgan fingerprint density at radius 3 is 2.54 bits per heavy atom. The van der Waals surface area contributed by atoms with Crippen LogP contribution in [0.4, 0.5) is 5.95 Å². The lowest BCUT2D eigenvalue weighted by Crippen LogP contribution is -2.38. The molecule has 0 bridgehead atoms. The minimum atomic E-state index is 0.272. The lowest BCUT2D eigenvalue weighted by molar-refractivity contribution is -0.129. The second-order valence-electron chi connectivity index (χ2n) is 7.62. The second kappa shape index (κ2) is 7.48. The summed E-state index contributed by atoms with van der Waals surface area (Å²) < 4.78 is 2.00. The van der Waals surface area contributed by atoms with Crippen LogP contribution in [0.15, 0.2) is 36.9 Å². The molecule has 2 aliphatic heterocycles. The minimum absolute atomic E-state index is 0.272. The van der Waals surface area contributed by atoms with Crippen molar-refractivity contribution in [1.29, 1.82) is 0 Å². The Morgan fingerprint density at radius 1 is 1.12 bits per heavy atom. The molecule has 1 unspecified atom stereocenters. The number of aromatic nitrogens is 3. The van der Waals surface area contributed by atoms with Crippen molar-refractivity contribution in [3.63, 3.8) is 0 Å². The van der Waals surface area contributed by atoms with Gasteiger partial charge in [0, 0.05) is 58.0 Å². The Balaban J connectivity index is 1.27. The smallest absolute Gasteiger partial charge is 0.227 e. The molecule has 2 aromatic heterocycles. The maximum atomic E-state index is 12.6. The average Bonchev–Trinajstić information content (AvgIpc) is 3.32. The van der Waals surface area contributed by atoms with Crippen molar-refractivity contribution in [3.8, 4) is 0 Å². The Hall–Kier alpha value is -2.37. The van der Waals surface area contributed by atoms with Crippen LogP contribution in [-0.2, 0) is 18.3 Å². The van der Waals surface area contributed by atoms with Crippen molar-refractivity contribution >= 4 is 11.9 Å². The van der Waals surface area contributed by atoms with Crippen LogP contribution >= 0.6 is 0 Å². The number of carbonyl (C=O) groups is 1. The Morgan fingerprint density at radius 2 is 1.85 bits per heavy atom. The predicted octanol–water partition coefficient (Wildman–Crippen LogP) is 2.12. The maximum absolute atomic E-state index is 12.6. The summed E-state index contributed by atoms with van der Waals surface area (Å²) in [5, 5.41) is 0. The number of hydrogen-bond donors (Lipinski definition) is 0. The third-order valence-corrected chi connectivity index (χ3v) is 5.87. The average molecular weight is 353 g/mol. The molecule has 6 heteroatoms. The molecule has 26 heavy (non-hydrogen) atoms. The molecule has 0 spiro atoms. The lowest BCUT2D eigenvalue weighted by Gasteiger charge is -2.34. The Labute approximate surface area is 154 Å². The van der Waals surface area contributed by atoms with Crippen LogP contribution in [0.1, 0.15) is 24.8 Å². The summed E-state index contributed by atoms with van der Waals surface area (Å²) in [5.74, 6) is 2.48. The van der Waals surface area contributed by atoms with Gasteiger partial charge in [0.15, 0.2) is 0 Å². The fraction of sp³-hybridized carbons (Fsp3) is 0.550. The highest BCUT2D eigenvalue weighted by Gasteiger charge is 2.34. The van der Waals surface area contributed by atoms with Gasteiger partial charge in [0.25, 0.3) is 0 Å². The summed E-state index contributed by atoms with van der Waals surface area (Å²) in [7, 11) is 1.99. The van der Waals surface area contributed by atoms with E-state index in [2.05, 4.69) is 19.8 Å². The molecule has 2 saturated heterocycles. The molecule has 138 valence electrons. The molecule has 4 heterocycles. The van der Waals surface area contributed by atoms with Gasteiger partial charge in [0.05, 0.1) is 6.42 Å². The molecule has 0 saturated carbocycles. The number of hydrogen-bond acceptors (Lipinski definition) is 4. The van der Waals surface area contributed by atoms with Crippen LogP contribution in [0.2, 0.25) is 0 Å². The van der Waals surface area contributed by atoms with Crippen LogP contribution in [-0.4, -0.2) is 51.5 Å². The van der Waals surface area contributed by atoms with E-state index in [1.807, 2.05) is 48.5 Å². The van der Waals surface area contributed by atoms with Crippen LogP contribution in [0.5, 0.6) is 0 Å². The van der Waals surface area contributed by atoms with Gasteiger partial charge in [-0.25, -0.2) is 9.97 Å². The van der Waals surface area contributed by atoms with Gasteiger partial charge in [-0.2, -0.15) is 0 Å². The highest BCUT2D eigenvalue weighted by molar-refractivity contribution is 5.79. The van der Waals surface area contributed by atoms with Gasteiger partial charge in [0.2, 0.25) is 11.9 Å². The fourth-order valence-electron chi connectivity index (χ4n) is 4.38. The quantitative estimate of drug-likeness (QED) is 0.845. The first-order chi connectivity index (χ1) is 12.7. The maximum Gasteiger partial charge on any atom is 0.227 e. The van der Waals surface area contributed by atoms with E-state index in [4.69, 9.17) is 0 Å². The third-order valence-electron chi connectivity index (χ3n) is 5.87. The number of carbonyl (C=O) groups excluding carboxylic acids is 1. The number of anilines is 1. The molecule has 1 amide bonds. The number of amides is 1. The zero-order chi connectivity index (χ0) is 17.9. The Bertz CT molecular complexity index is 736. The Kier molecular flexibility index (Phi) is 4.91. The van der Waals surface area contributed by atoms with Crippen molar-refractivity contribution in [1.82, 2.24) is 19.4 Å². The van der Waals surface area contributed by atoms with Gasteiger partial charge in [-0.1, -0.05) is 0 Å². The molecule has 0 aromatic carbocycles. The normalized spacial score (nSPS) is 21.3. The zero-order valence-electron chi connectivity index (χ0n) is 15.4. The summed E-state index contributed by atoms with van der Waals surface area (Å²) in [6.45, 7) is 3.88. The highest BCUT2D eigenvalue weighted by Crippen LogP contribution is 2.32. The van der Waals surface area contributed by atoms with E-state index in [9.17, 15) is 4.79 Å². The van der Waals surface area contributed by atoms with E-state index in [1.54, 1.807) is 0 Å². The largest absolute Gasteiger partial charge is 0.357 e. The van der Waals surface area contributed by atoms with Crippen molar-refractivity contribution < 1.29 is 4.79 Å². The van der Waals surface area contributed by atoms with Crippen molar-refractivity contribution in [2.24, 2.45) is 18.9 Å². The van der Waals surface area contributed by atoms with E-state index >= 15 is 0 Å². The molecule has 1 atom stereocenters. The van der Waals surface area contributed by atoms with Crippen LogP contribution in [0, 0.1) is 11.8 Å². The molecule has 0 radical (unpaired) electrons. The van der Waals surface area contributed by atoms with Gasteiger partial charge < -0.3 is 14.4 Å². The number of aryl methyl sites for hydroxylation is 1. The molecule has 2 aliphatic rings. The first kappa shape index (κ1) is 17.1. The summed E-state index contributed by atoms with van der Waals surface area (Å²) in [4.78, 5) is 25.7. The van der Waals surface area contributed by atoms with Crippen LogP contribution in [0.3, 0.4) is 0 Å². The second-order valence-corrected chi connectivity index (χ2v) is 7.62. The SMILES string of the molecule is Cn1ccc(CC(=O)N2CCC(C3CCN(c4ncccn4)CC3)C2)c1. The minimum Gasteiger partial charge on any atom is -0.357 e. The van der Waals surface area contributed by atoms with E-state index in [-0.39, 0.29) is 5.91 Å². The molecule has 0 aliphatic carbocycles. The molecule has 4 rings (SSSR count). The number of likely N-dealkylation sites (tertiary alicyclic amines) is 1. The molecule has 6 nitrogen and oxygen atoms in total. The molecule has 2 fully saturated rings. The third kappa shape index (κ3) is 3.74. The van der Waals surface area contributed by atoms with Gasteiger partial charge in [-0.3, -0.25) is 4.79 Å². The van der Waals surface area contributed by atoms with E-state index in [0.29, 0.717) is 18.3 Å². The summed E-state index contributed by atoms with van der Waals surface area (Å²) >= 11 is 0. The first-order valence-electron chi connectivity index (χ1n) is 9.59. The highest BCUT2D eigenvalue weighted by atomic mass is 16.2. The predicted molar refractivity (Wildman–Crippen MR) is 101 cm³/mol. The van der Waals surface area contributed by atoms with Gasteiger partial charge in [0.1, 0.15) is 0 Å². The topological polar surface area (TPSA) is 54.3 Å². The summed E-state index contributed by atoms with van der Waals surface area (Å²) in [6, 6.07) is 3.89. The van der Waals surface area contributed by atoms with Crippen molar-refractivity contribution in [3.05, 3.63) is 42.5 Å². The lowest BCUT2D eigenvalue weighted by atomic mass is 9.84. The van der Waals surface area contributed by atoms with E-state index in [1.165, 1.54) is 12.8 Å². The molecule has 0 N–H and O–H groups in total. The number of rotatable bonds is 4.